The Labute approximate surface area is 264 Å². The Morgan fingerprint density at radius 3 is 2.12 bits per heavy atom. The number of ether oxygens (including phenoxy) is 2. The van der Waals surface area contributed by atoms with Crippen molar-refractivity contribution in [3.05, 3.63) is 65.2 Å². The fraction of sp³-hybridized carbons (Fsp3) is 0.639. The second kappa shape index (κ2) is 21.7. The summed E-state index contributed by atoms with van der Waals surface area (Å²) in [7, 11) is 0. The summed E-state index contributed by atoms with van der Waals surface area (Å²) in [5.74, 6) is 1.48. The lowest BCUT2D eigenvalue weighted by atomic mass is 10.0. The molecule has 1 aliphatic rings. The standard InChI is InChI=1S/C36H55NO5S/c1-2-3-4-5-6-7-8-9-10-11-12-13-14-18-35(40)37-32-17-15-16-31(25-32)36-41-33(28-43-24-23-38)26-34(42-36)30-21-19-29(27-39)20-22-30/h15-17,19-22,25,33-34,36,38-39H,2-14,18,23-24,26-28H2,1H3,(H,37,40). The molecule has 0 aliphatic carbocycles. The largest absolute Gasteiger partial charge is 0.396 e. The van der Waals surface area contributed by atoms with E-state index in [4.69, 9.17) is 9.47 Å². The van der Waals surface area contributed by atoms with E-state index in [1.54, 1.807) is 11.8 Å². The Morgan fingerprint density at radius 1 is 0.837 bits per heavy atom. The molecule has 0 bridgehead atoms. The lowest BCUT2D eigenvalue weighted by molar-refractivity contribution is -0.245. The van der Waals surface area contributed by atoms with Gasteiger partial charge in [0.25, 0.3) is 0 Å². The van der Waals surface area contributed by atoms with Crippen LogP contribution in [0.2, 0.25) is 0 Å². The number of aliphatic hydroxyl groups excluding tert-OH is 2. The predicted molar refractivity (Wildman–Crippen MR) is 178 cm³/mol. The molecule has 43 heavy (non-hydrogen) atoms. The van der Waals surface area contributed by atoms with Crippen molar-refractivity contribution in [2.24, 2.45) is 0 Å². The zero-order valence-corrected chi connectivity index (χ0v) is 27.1. The Bertz CT molecular complexity index is 1020. The highest BCUT2D eigenvalue weighted by Gasteiger charge is 2.32. The zero-order chi connectivity index (χ0) is 30.5. The van der Waals surface area contributed by atoms with Gasteiger partial charge in [-0.25, -0.2) is 0 Å². The minimum atomic E-state index is -0.561. The van der Waals surface area contributed by atoms with Crippen molar-refractivity contribution in [1.29, 1.82) is 0 Å². The molecule has 0 saturated carbocycles. The molecule has 1 amide bonds. The molecule has 2 aromatic rings. The summed E-state index contributed by atoms with van der Waals surface area (Å²) in [5, 5.41) is 21.7. The van der Waals surface area contributed by atoms with Crippen LogP contribution < -0.4 is 5.32 Å². The highest BCUT2D eigenvalue weighted by Crippen LogP contribution is 2.39. The molecule has 3 unspecified atom stereocenters. The van der Waals surface area contributed by atoms with Gasteiger partial charge in [-0.3, -0.25) is 4.79 Å². The van der Waals surface area contributed by atoms with Gasteiger partial charge in [-0.05, 0) is 29.7 Å². The van der Waals surface area contributed by atoms with Gasteiger partial charge in [-0.15, -0.1) is 0 Å². The van der Waals surface area contributed by atoms with E-state index in [-0.39, 0.29) is 31.3 Å². The average molecular weight is 614 g/mol. The number of thioether (sulfide) groups is 1. The molecule has 3 rings (SSSR count). The summed E-state index contributed by atoms with van der Waals surface area (Å²) in [5.41, 5.74) is 3.53. The molecule has 1 aliphatic heterocycles. The van der Waals surface area contributed by atoms with Crippen LogP contribution in [0.5, 0.6) is 0 Å². The summed E-state index contributed by atoms with van der Waals surface area (Å²) in [4.78, 5) is 12.7. The van der Waals surface area contributed by atoms with Gasteiger partial charge in [-0.2, -0.15) is 11.8 Å². The number of hydrogen-bond acceptors (Lipinski definition) is 6. The monoisotopic (exact) mass is 613 g/mol. The van der Waals surface area contributed by atoms with Crippen molar-refractivity contribution in [2.75, 3.05) is 23.4 Å². The quantitative estimate of drug-likeness (QED) is 0.115. The number of benzene rings is 2. The average Bonchev–Trinajstić information content (AvgIpc) is 3.03. The highest BCUT2D eigenvalue weighted by molar-refractivity contribution is 7.99. The first-order valence-corrected chi connectivity index (χ1v) is 17.9. The number of amides is 1. The maximum atomic E-state index is 12.7. The second-order valence-electron chi connectivity index (χ2n) is 11.8. The Morgan fingerprint density at radius 2 is 1.49 bits per heavy atom. The van der Waals surface area contributed by atoms with Crippen LogP contribution in [-0.4, -0.2) is 40.3 Å². The van der Waals surface area contributed by atoms with Crippen molar-refractivity contribution < 1.29 is 24.5 Å². The van der Waals surface area contributed by atoms with Gasteiger partial charge < -0.3 is 25.0 Å². The van der Waals surface area contributed by atoms with Crippen LogP contribution in [0.3, 0.4) is 0 Å². The summed E-state index contributed by atoms with van der Waals surface area (Å²) < 4.78 is 12.8. The summed E-state index contributed by atoms with van der Waals surface area (Å²) in [6.07, 6.45) is 17.3. The van der Waals surface area contributed by atoms with E-state index in [0.29, 0.717) is 18.6 Å². The second-order valence-corrected chi connectivity index (χ2v) is 13.0. The maximum absolute atomic E-state index is 12.7. The number of aliphatic hydroxyl groups is 2. The van der Waals surface area contributed by atoms with E-state index < -0.39 is 6.29 Å². The number of hydrogen-bond donors (Lipinski definition) is 3. The lowest BCUT2D eigenvalue weighted by Crippen LogP contribution is -2.31. The number of unbranched alkanes of at least 4 members (excludes halogenated alkanes) is 12. The first-order valence-electron chi connectivity index (χ1n) is 16.7. The molecule has 1 saturated heterocycles. The summed E-state index contributed by atoms with van der Waals surface area (Å²) in [6, 6.07) is 15.6. The van der Waals surface area contributed by atoms with Crippen LogP contribution in [0.4, 0.5) is 5.69 Å². The maximum Gasteiger partial charge on any atom is 0.224 e. The lowest BCUT2D eigenvalue weighted by Gasteiger charge is -2.36. The minimum Gasteiger partial charge on any atom is -0.396 e. The van der Waals surface area contributed by atoms with Gasteiger partial charge in [0.1, 0.15) is 0 Å². The van der Waals surface area contributed by atoms with E-state index in [1.807, 2.05) is 48.5 Å². The van der Waals surface area contributed by atoms with Crippen molar-refractivity contribution in [2.45, 2.75) is 128 Å². The minimum absolute atomic E-state index is 0.00976. The third-order valence-electron chi connectivity index (χ3n) is 8.10. The molecule has 0 spiro atoms. The van der Waals surface area contributed by atoms with Crippen LogP contribution in [0.1, 0.15) is 132 Å². The summed E-state index contributed by atoms with van der Waals surface area (Å²) >= 11 is 1.67. The van der Waals surface area contributed by atoms with Crippen molar-refractivity contribution >= 4 is 23.4 Å². The highest BCUT2D eigenvalue weighted by atomic mass is 32.2. The molecule has 6 nitrogen and oxygen atoms in total. The van der Waals surface area contributed by atoms with E-state index in [1.165, 1.54) is 70.6 Å². The molecule has 0 radical (unpaired) electrons. The van der Waals surface area contributed by atoms with Crippen molar-refractivity contribution in [3.8, 4) is 0 Å². The van der Waals surface area contributed by atoms with Crippen molar-refractivity contribution in [3.63, 3.8) is 0 Å². The van der Waals surface area contributed by atoms with Crippen LogP contribution in [0.25, 0.3) is 0 Å². The molecule has 240 valence electrons. The van der Waals surface area contributed by atoms with E-state index >= 15 is 0 Å². The van der Waals surface area contributed by atoms with Gasteiger partial charge >= 0.3 is 0 Å². The zero-order valence-electron chi connectivity index (χ0n) is 26.3. The van der Waals surface area contributed by atoms with Gasteiger partial charge in [0, 0.05) is 35.6 Å². The molecule has 7 heteroatoms. The van der Waals surface area contributed by atoms with Crippen LogP contribution in [-0.2, 0) is 20.9 Å². The van der Waals surface area contributed by atoms with E-state index in [2.05, 4.69) is 12.2 Å². The Kier molecular flexibility index (Phi) is 18.0. The molecular formula is C36H55NO5S. The van der Waals surface area contributed by atoms with E-state index in [0.717, 1.165) is 41.0 Å². The first-order chi connectivity index (χ1) is 21.1. The number of anilines is 1. The molecule has 1 heterocycles. The SMILES string of the molecule is CCCCCCCCCCCCCCCC(=O)Nc1cccc(C2OC(CSCCO)CC(c3ccc(CO)cc3)O2)c1. The van der Waals surface area contributed by atoms with Crippen molar-refractivity contribution in [1.82, 2.24) is 0 Å². The molecular weight excluding hydrogens is 558 g/mol. The number of rotatable bonds is 22. The third-order valence-corrected chi connectivity index (χ3v) is 9.18. The third kappa shape index (κ3) is 14.2. The fourth-order valence-corrected chi connectivity index (χ4v) is 6.37. The summed E-state index contributed by atoms with van der Waals surface area (Å²) in [6.45, 7) is 2.42. The smallest absolute Gasteiger partial charge is 0.224 e. The first kappa shape index (κ1) is 35.6. The Hall–Kier alpha value is -1.90. The van der Waals surface area contributed by atoms with Gasteiger partial charge in [0.05, 0.1) is 25.4 Å². The van der Waals surface area contributed by atoms with Crippen LogP contribution >= 0.6 is 11.8 Å². The molecule has 2 aromatic carbocycles. The molecule has 3 atom stereocenters. The normalized spacial score (nSPS) is 18.5. The fourth-order valence-electron chi connectivity index (χ4n) is 5.59. The Balaban J connectivity index is 1.41. The molecule has 1 fully saturated rings. The van der Waals surface area contributed by atoms with Gasteiger partial charge in [0.2, 0.25) is 5.91 Å². The predicted octanol–water partition coefficient (Wildman–Crippen LogP) is 8.87. The topological polar surface area (TPSA) is 88.0 Å². The molecule has 3 N–H and O–H groups in total. The van der Waals surface area contributed by atoms with Crippen LogP contribution in [0, 0.1) is 0 Å². The number of carbonyl (C=O) groups excluding carboxylic acids is 1. The van der Waals surface area contributed by atoms with Crippen LogP contribution in [0.15, 0.2) is 48.5 Å². The van der Waals surface area contributed by atoms with Gasteiger partial charge in [0.15, 0.2) is 6.29 Å². The van der Waals surface area contributed by atoms with E-state index in [9.17, 15) is 15.0 Å². The number of nitrogens with one attached hydrogen (secondary N) is 1. The number of carbonyl (C=O) groups is 1. The molecule has 0 aromatic heterocycles. The van der Waals surface area contributed by atoms with Gasteiger partial charge in [-0.1, -0.05) is 120 Å².